The minimum atomic E-state index is -1.60. The van der Waals surface area contributed by atoms with Crippen LogP contribution in [0.3, 0.4) is 0 Å². The Morgan fingerprint density at radius 2 is 1.28 bits per heavy atom. The Bertz CT molecular complexity index is 1130. The summed E-state index contributed by atoms with van der Waals surface area (Å²) in [5.74, 6) is 7.03. The van der Waals surface area contributed by atoms with Crippen molar-refractivity contribution in [2.75, 3.05) is 0 Å². The van der Waals surface area contributed by atoms with E-state index >= 15 is 0 Å². The maximum Gasteiger partial charge on any atom is 0.178 e. The van der Waals surface area contributed by atoms with Gasteiger partial charge in [-0.2, -0.15) is 0 Å². The van der Waals surface area contributed by atoms with Crippen molar-refractivity contribution in [2.45, 2.75) is 63.6 Å². The van der Waals surface area contributed by atoms with Gasteiger partial charge in [-0.1, -0.05) is 87.5 Å². The molecule has 0 saturated carbocycles. The van der Waals surface area contributed by atoms with E-state index in [4.69, 9.17) is 22.3 Å². The number of ketones is 1. The standard InChI is InChI=1S/C31H38O3Si2/c1-9-30(35(3,4)5)33-28-21-16-25(17-22-28)13-11-12-14-27(32)20-15-26-18-23-29(24-19-26)34-31(10-2)36(6,7)8/h1-2,12,14-24,30-31H,11,13H2,3-8H3. The van der Waals surface area contributed by atoms with E-state index in [0.717, 1.165) is 29.9 Å². The van der Waals surface area contributed by atoms with Gasteiger partial charge in [0.25, 0.3) is 0 Å². The number of allylic oxidation sites excluding steroid dienone is 3. The van der Waals surface area contributed by atoms with Crippen LogP contribution in [0.5, 0.6) is 11.5 Å². The van der Waals surface area contributed by atoms with Crippen LogP contribution in [0.2, 0.25) is 39.3 Å². The molecule has 2 aromatic rings. The summed E-state index contributed by atoms with van der Waals surface area (Å²) in [5, 5.41) is 0. The minimum absolute atomic E-state index is 0.0446. The van der Waals surface area contributed by atoms with E-state index in [9.17, 15) is 4.79 Å². The quantitative estimate of drug-likeness (QED) is 0.174. The molecular formula is C31H38O3Si2. The molecule has 0 bridgehead atoms. The Balaban J connectivity index is 1.81. The number of carbonyl (C=O) groups is 1. The summed E-state index contributed by atoms with van der Waals surface area (Å²) in [6, 6.07) is 15.6. The summed E-state index contributed by atoms with van der Waals surface area (Å²) in [5.41, 5.74) is 1.79. The van der Waals surface area contributed by atoms with E-state index in [2.05, 4.69) is 51.1 Å². The van der Waals surface area contributed by atoms with Gasteiger partial charge in [0.15, 0.2) is 5.78 Å². The lowest BCUT2D eigenvalue weighted by Crippen LogP contribution is -2.41. The zero-order valence-electron chi connectivity index (χ0n) is 22.4. The summed E-state index contributed by atoms with van der Waals surface area (Å²) in [6.07, 6.45) is 19.8. The average Bonchev–Trinajstić information content (AvgIpc) is 2.82. The second kappa shape index (κ2) is 13.2. The van der Waals surface area contributed by atoms with Crippen molar-refractivity contribution in [1.82, 2.24) is 0 Å². The highest BCUT2D eigenvalue weighted by Gasteiger charge is 2.27. The summed E-state index contributed by atoms with van der Waals surface area (Å²) < 4.78 is 12.0. The van der Waals surface area contributed by atoms with E-state index in [-0.39, 0.29) is 17.2 Å². The van der Waals surface area contributed by atoms with Crippen LogP contribution in [0.4, 0.5) is 0 Å². The first kappa shape index (κ1) is 29.0. The van der Waals surface area contributed by atoms with Crippen LogP contribution in [0.15, 0.2) is 66.8 Å². The van der Waals surface area contributed by atoms with Crippen LogP contribution in [-0.4, -0.2) is 33.4 Å². The Kier molecular flexibility index (Phi) is 10.6. The first-order chi connectivity index (χ1) is 16.9. The van der Waals surface area contributed by atoms with Crippen molar-refractivity contribution >= 4 is 28.0 Å². The number of aryl methyl sites for hydroxylation is 1. The average molecular weight is 515 g/mol. The number of hydrogen-bond acceptors (Lipinski definition) is 3. The molecule has 0 aliphatic heterocycles. The lowest BCUT2D eigenvalue weighted by atomic mass is 10.1. The van der Waals surface area contributed by atoms with Gasteiger partial charge in [0, 0.05) is 0 Å². The molecule has 0 fully saturated rings. The van der Waals surface area contributed by atoms with Crippen molar-refractivity contribution in [3.63, 3.8) is 0 Å². The molecule has 2 atom stereocenters. The highest BCUT2D eigenvalue weighted by atomic mass is 28.3. The van der Waals surface area contributed by atoms with E-state index in [1.54, 1.807) is 18.2 Å². The van der Waals surface area contributed by atoms with Crippen LogP contribution in [0.1, 0.15) is 17.5 Å². The number of rotatable bonds is 12. The first-order valence-corrected chi connectivity index (χ1v) is 19.4. The van der Waals surface area contributed by atoms with Gasteiger partial charge < -0.3 is 9.47 Å². The molecule has 0 amide bonds. The van der Waals surface area contributed by atoms with Crippen LogP contribution in [0.25, 0.3) is 6.08 Å². The molecule has 0 aliphatic rings. The molecule has 0 N–H and O–H groups in total. The molecule has 0 saturated heterocycles. The lowest BCUT2D eigenvalue weighted by molar-refractivity contribution is -0.110. The van der Waals surface area contributed by atoms with E-state index < -0.39 is 16.1 Å². The molecule has 0 aliphatic carbocycles. The van der Waals surface area contributed by atoms with Crippen molar-refractivity contribution in [2.24, 2.45) is 0 Å². The Labute approximate surface area is 219 Å². The van der Waals surface area contributed by atoms with Crippen molar-refractivity contribution in [3.8, 4) is 36.2 Å². The van der Waals surface area contributed by atoms with Crippen LogP contribution in [0, 0.1) is 24.7 Å². The number of hydrogen-bond donors (Lipinski definition) is 0. The fraction of sp³-hybridized carbons (Fsp3) is 0.323. The van der Waals surface area contributed by atoms with Crippen molar-refractivity contribution in [1.29, 1.82) is 0 Å². The predicted molar refractivity (Wildman–Crippen MR) is 158 cm³/mol. The van der Waals surface area contributed by atoms with Gasteiger partial charge >= 0.3 is 0 Å². The number of benzene rings is 2. The highest BCUT2D eigenvalue weighted by molar-refractivity contribution is 6.78. The maximum absolute atomic E-state index is 12.2. The number of terminal acetylenes is 2. The van der Waals surface area contributed by atoms with Gasteiger partial charge in [-0.05, 0) is 60.4 Å². The van der Waals surface area contributed by atoms with Gasteiger partial charge in [0.1, 0.15) is 39.1 Å². The molecule has 5 heteroatoms. The molecule has 2 aromatic carbocycles. The maximum atomic E-state index is 12.2. The van der Waals surface area contributed by atoms with Crippen molar-refractivity contribution < 1.29 is 14.3 Å². The summed E-state index contributed by atoms with van der Waals surface area (Å²) in [6.45, 7) is 13.2. The van der Waals surface area contributed by atoms with Crippen molar-refractivity contribution in [3.05, 3.63) is 77.9 Å². The molecule has 0 spiro atoms. The third-order valence-corrected chi connectivity index (χ3v) is 9.22. The fourth-order valence-electron chi connectivity index (χ4n) is 3.27. The van der Waals surface area contributed by atoms with Gasteiger partial charge in [0.2, 0.25) is 0 Å². The third-order valence-electron chi connectivity index (χ3n) is 5.51. The smallest absolute Gasteiger partial charge is 0.178 e. The van der Waals surface area contributed by atoms with E-state index in [1.807, 2.05) is 54.6 Å². The predicted octanol–water partition coefficient (Wildman–Crippen LogP) is 6.97. The second-order valence-electron chi connectivity index (χ2n) is 11.0. The summed E-state index contributed by atoms with van der Waals surface area (Å²) in [4.78, 5) is 12.2. The Morgan fingerprint density at radius 3 is 1.72 bits per heavy atom. The lowest BCUT2D eigenvalue weighted by Gasteiger charge is -2.25. The molecule has 0 heterocycles. The summed E-state index contributed by atoms with van der Waals surface area (Å²) >= 11 is 0. The molecule has 2 rings (SSSR count). The van der Waals surface area contributed by atoms with Crippen LogP contribution < -0.4 is 9.47 Å². The van der Waals surface area contributed by atoms with Gasteiger partial charge in [-0.15, -0.1) is 12.8 Å². The third kappa shape index (κ3) is 9.78. The molecule has 0 aromatic heterocycles. The highest BCUT2D eigenvalue weighted by Crippen LogP contribution is 2.20. The number of carbonyl (C=O) groups excluding carboxylic acids is 1. The largest absolute Gasteiger partial charge is 0.482 e. The molecule has 2 unspecified atom stereocenters. The van der Waals surface area contributed by atoms with Crippen LogP contribution >= 0.6 is 0 Å². The van der Waals surface area contributed by atoms with Gasteiger partial charge in [0.05, 0.1) is 0 Å². The zero-order valence-corrected chi connectivity index (χ0v) is 24.4. The molecule has 36 heavy (non-hydrogen) atoms. The molecular weight excluding hydrogens is 477 g/mol. The van der Waals surface area contributed by atoms with Gasteiger partial charge in [-0.3, -0.25) is 4.79 Å². The molecule has 0 radical (unpaired) electrons. The van der Waals surface area contributed by atoms with E-state index in [1.165, 1.54) is 5.56 Å². The first-order valence-electron chi connectivity index (χ1n) is 12.3. The zero-order chi connectivity index (χ0) is 26.8. The van der Waals surface area contributed by atoms with Crippen LogP contribution in [-0.2, 0) is 11.2 Å². The van der Waals surface area contributed by atoms with E-state index in [0.29, 0.717) is 0 Å². The Morgan fingerprint density at radius 1 is 0.806 bits per heavy atom. The second-order valence-corrected chi connectivity index (χ2v) is 21.5. The fourth-order valence-corrected chi connectivity index (χ4v) is 5.25. The van der Waals surface area contributed by atoms with Gasteiger partial charge in [-0.25, -0.2) is 0 Å². The normalized spacial score (nSPS) is 13.7. The SMILES string of the molecule is C#CC(Oc1ccc(C=CC(=O)C=CCCc2ccc(OC(C#C)[Si](C)(C)C)cc2)cc1)[Si](C)(C)C. The molecule has 3 nitrogen and oxygen atoms in total. The monoisotopic (exact) mass is 514 g/mol. The summed E-state index contributed by atoms with van der Waals surface area (Å²) in [7, 11) is -3.18. The minimum Gasteiger partial charge on any atom is -0.482 e. The number of ether oxygens (including phenoxy) is 2. The topological polar surface area (TPSA) is 35.5 Å². The Hall–Kier alpha value is -3.26. The molecule has 188 valence electrons.